The number of halogens is 1. The van der Waals surface area contributed by atoms with Crippen LogP contribution in [0, 0.1) is 0 Å². The van der Waals surface area contributed by atoms with Crippen molar-refractivity contribution < 1.29 is 14.3 Å². The maximum absolute atomic E-state index is 13.0. The molecule has 1 aliphatic rings. The molecule has 1 fully saturated rings. The van der Waals surface area contributed by atoms with Gasteiger partial charge in [0.25, 0.3) is 11.5 Å². The van der Waals surface area contributed by atoms with Crippen LogP contribution in [-0.4, -0.2) is 55.3 Å². The van der Waals surface area contributed by atoms with E-state index in [-0.39, 0.29) is 11.5 Å². The van der Waals surface area contributed by atoms with Gasteiger partial charge in [0.2, 0.25) is 0 Å². The normalized spacial score (nSPS) is 14.5. The van der Waals surface area contributed by atoms with E-state index in [1.165, 1.54) is 7.11 Å². The molecule has 0 saturated carbocycles. The van der Waals surface area contributed by atoms with Crippen molar-refractivity contribution in [3.05, 3.63) is 69.6 Å². The van der Waals surface area contributed by atoms with Crippen LogP contribution in [0.4, 0.5) is 5.69 Å². The Kier molecular flexibility index (Phi) is 6.56. The third-order valence-corrected chi connectivity index (χ3v) is 5.74. The predicted octanol–water partition coefficient (Wildman–Crippen LogP) is 3.25. The van der Waals surface area contributed by atoms with Gasteiger partial charge in [-0.15, -0.1) is 0 Å². The molecule has 31 heavy (non-hydrogen) atoms. The summed E-state index contributed by atoms with van der Waals surface area (Å²) in [5, 5.41) is 4.51. The SMILES string of the molecule is COc1ccc(C(=O)Nc2cccc3c(=O)n(CCN4CCOCC4)ccc23)cc1Cl. The molecular weight excluding hydrogens is 418 g/mol. The summed E-state index contributed by atoms with van der Waals surface area (Å²) in [5.41, 5.74) is 0.905. The Morgan fingerprint density at radius 1 is 1.13 bits per heavy atom. The topological polar surface area (TPSA) is 72.8 Å². The number of rotatable bonds is 6. The Morgan fingerprint density at radius 2 is 1.94 bits per heavy atom. The first-order valence-electron chi connectivity index (χ1n) is 10.1. The van der Waals surface area contributed by atoms with Gasteiger partial charge in [0.1, 0.15) is 5.75 Å². The van der Waals surface area contributed by atoms with E-state index in [2.05, 4.69) is 10.2 Å². The Labute approximate surface area is 185 Å². The van der Waals surface area contributed by atoms with Gasteiger partial charge in [-0.3, -0.25) is 14.5 Å². The highest BCUT2D eigenvalue weighted by Gasteiger charge is 2.14. The lowest BCUT2D eigenvalue weighted by Crippen LogP contribution is -2.39. The first-order chi connectivity index (χ1) is 15.1. The number of amides is 1. The summed E-state index contributed by atoms with van der Waals surface area (Å²) in [5.74, 6) is 0.189. The number of fused-ring (bicyclic) bond motifs is 1. The number of carbonyl (C=O) groups is 1. The fourth-order valence-corrected chi connectivity index (χ4v) is 3.94. The monoisotopic (exact) mass is 441 g/mol. The number of hydrogen-bond donors (Lipinski definition) is 1. The lowest BCUT2D eigenvalue weighted by atomic mass is 10.1. The van der Waals surface area contributed by atoms with Crippen molar-refractivity contribution in [2.75, 3.05) is 45.3 Å². The Morgan fingerprint density at radius 3 is 2.68 bits per heavy atom. The first-order valence-corrected chi connectivity index (χ1v) is 10.5. The fraction of sp³-hybridized carbons (Fsp3) is 0.304. The quantitative estimate of drug-likeness (QED) is 0.635. The summed E-state index contributed by atoms with van der Waals surface area (Å²) in [4.78, 5) is 28.0. The molecule has 1 aliphatic heterocycles. The minimum absolute atomic E-state index is 0.0747. The van der Waals surface area contributed by atoms with Crippen molar-refractivity contribution >= 4 is 34.0 Å². The molecular formula is C23H24ClN3O4. The van der Waals surface area contributed by atoms with E-state index in [9.17, 15) is 9.59 Å². The molecule has 1 amide bonds. The van der Waals surface area contributed by atoms with Gasteiger partial charge < -0.3 is 19.4 Å². The van der Waals surface area contributed by atoms with E-state index >= 15 is 0 Å². The van der Waals surface area contributed by atoms with Gasteiger partial charge in [0.05, 0.1) is 25.3 Å². The number of benzene rings is 2. The molecule has 0 spiro atoms. The average molecular weight is 442 g/mol. The second kappa shape index (κ2) is 9.51. The van der Waals surface area contributed by atoms with E-state index in [0.717, 1.165) is 32.8 Å². The Hall–Kier alpha value is -2.87. The van der Waals surface area contributed by atoms with Crippen LogP contribution in [-0.2, 0) is 11.3 Å². The number of hydrogen-bond acceptors (Lipinski definition) is 5. The summed E-state index contributed by atoms with van der Waals surface area (Å²) in [6.07, 6.45) is 1.78. The molecule has 4 rings (SSSR count). The van der Waals surface area contributed by atoms with Gasteiger partial charge in [-0.25, -0.2) is 0 Å². The number of pyridine rings is 1. The minimum Gasteiger partial charge on any atom is -0.495 e. The summed E-state index contributed by atoms with van der Waals surface area (Å²) in [6.45, 7) is 4.63. The molecule has 2 heterocycles. The molecule has 8 heteroatoms. The highest BCUT2D eigenvalue weighted by Crippen LogP contribution is 2.26. The van der Waals surface area contributed by atoms with Crippen LogP contribution >= 0.6 is 11.6 Å². The number of nitrogens with one attached hydrogen (secondary N) is 1. The number of aromatic nitrogens is 1. The van der Waals surface area contributed by atoms with Gasteiger partial charge in [-0.2, -0.15) is 0 Å². The highest BCUT2D eigenvalue weighted by molar-refractivity contribution is 6.32. The maximum Gasteiger partial charge on any atom is 0.258 e. The minimum atomic E-state index is -0.312. The van der Waals surface area contributed by atoms with Gasteiger partial charge >= 0.3 is 0 Å². The van der Waals surface area contributed by atoms with E-state index in [0.29, 0.717) is 39.3 Å². The van der Waals surface area contributed by atoms with E-state index in [1.54, 1.807) is 47.2 Å². The van der Waals surface area contributed by atoms with Gasteiger partial charge in [-0.1, -0.05) is 17.7 Å². The van der Waals surface area contributed by atoms with Crippen LogP contribution in [0.25, 0.3) is 10.8 Å². The summed E-state index contributed by atoms with van der Waals surface area (Å²) >= 11 is 6.14. The molecule has 3 aromatic rings. The lowest BCUT2D eigenvalue weighted by molar-refractivity contribution is 0.0363. The van der Waals surface area contributed by atoms with Crippen LogP contribution in [0.1, 0.15) is 10.4 Å². The summed E-state index contributed by atoms with van der Waals surface area (Å²) < 4.78 is 12.2. The molecule has 0 aliphatic carbocycles. The largest absolute Gasteiger partial charge is 0.495 e. The van der Waals surface area contributed by atoms with Crippen molar-refractivity contribution in [1.82, 2.24) is 9.47 Å². The van der Waals surface area contributed by atoms with Gasteiger partial charge in [-0.05, 0) is 36.4 Å². The fourth-order valence-electron chi connectivity index (χ4n) is 3.68. The van der Waals surface area contributed by atoms with Gasteiger partial charge in [0, 0.05) is 54.4 Å². The van der Waals surface area contributed by atoms with Crippen molar-refractivity contribution in [2.45, 2.75) is 6.54 Å². The van der Waals surface area contributed by atoms with E-state index in [4.69, 9.17) is 21.1 Å². The van der Waals surface area contributed by atoms with Crippen molar-refractivity contribution in [3.8, 4) is 5.75 Å². The maximum atomic E-state index is 13.0. The molecule has 0 bridgehead atoms. The zero-order valence-corrected chi connectivity index (χ0v) is 18.0. The van der Waals surface area contributed by atoms with Crippen LogP contribution in [0.3, 0.4) is 0 Å². The molecule has 1 N–H and O–H groups in total. The highest BCUT2D eigenvalue weighted by atomic mass is 35.5. The molecule has 0 radical (unpaired) electrons. The zero-order valence-electron chi connectivity index (χ0n) is 17.3. The number of methoxy groups -OCH3 is 1. The van der Waals surface area contributed by atoms with E-state index in [1.807, 2.05) is 6.07 Å². The second-order valence-corrected chi connectivity index (χ2v) is 7.75. The molecule has 0 atom stereocenters. The number of carbonyl (C=O) groups excluding carboxylic acids is 1. The third kappa shape index (κ3) is 4.74. The van der Waals surface area contributed by atoms with E-state index < -0.39 is 0 Å². The predicted molar refractivity (Wildman–Crippen MR) is 121 cm³/mol. The molecule has 1 saturated heterocycles. The van der Waals surface area contributed by atoms with Crippen LogP contribution < -0.4 is 15.6 Å². The van der Waals surface area contributed by atoms with Crippen molar-refractivity contribution in [3.63, 3.8) is 0 Å². The molecule has 7 nitrogen and oxygen atoms in total. The lowest BCUT2D eigenvalue weighted by Gasteiger charge is -2.26. The van der Waals surface area contributed by atoms with Gasteiger partial charge in [0.15, 0.2) is 0 Å². The number of nitrogens with zero attached hydrogens (tertiary/aromatic N) is 2. The second-order valence-electron chi connectivity index (χ2n) is 7.34. The van der Waals surface area contributed by atoms with Crippen molar-refractivity contribution in [1.29, 1.82) is 0 Å². The van der Waals surface area contributed by atoms with Crippen LogP contribution in [0.15, 0.2) is 53.5 Å². The molecule has 2 aromatic carbocycles. The Bertz CT molecular complexity index is 1160. The molecule has 1 aromatic heterocycles. The molecule has 162 valence electrons. The zero-order chi connectivity index (χ0) is 21.8. The summed E-state index contributed by atoms with van der Waals surface area (Å²) in [7, 11) is 1.52. The van der Waals surface area contributed by atoms with Crippen molar-refractivity contribution in [2.24, 2.45) is 0 Å². The standard InChI is InChI=1S/C23H24ClN3O4/c1-30-21-6-5-16(15-19(21)24)22(28)25-20-4-2-3-18-17(20)7-8-27(23(18)29)10-9-26-11-13-31-14-12-26/h2-8,15H,9-14H2,1H3,(H,25,28). The smallest absolute Gasteiger partial charge is 0.258 e. The average Bonchev–Trinajstić information content (AvgIpc) is 2.79. The van der Waals surface area contributed by atoms with Crippen LogP contribution in [0.2, 0.25) is 5.02 Å². The summed E-state index contributed by atoms with van der Waals surface area (Å²) in [6, 6.07) is 12.0. The number of ether oxygens (including phenoxy) is 2. The molecule has 0 unspecified atom stereocenters. The number of morpholine rings is 1. The number of anilines is 1. The first kappa shape index (κ1) is 21.4. The Balaban J connectivity index is 1.55. The van der Waals surface area contributed by atoms with Crippen LogP contribution in [0.5, 0.6) is 5.75 Å². The third-order valence-electron chi connectivity index (χ3n) is 5.44.